The minimum atomic E-state index is -1.55. The SMILES string of the molecule is CNCCc1ccc(OC)c(OC)c1.O=C(O)n1nnn(-c2cccc(F)c2)c1=O. The Hall–Kier alpha value is -3.73. The van der Waals surface area contributed by atoms with Crippen molar-refractivity contribution in [3.8, 4) is 17.2 Å². The average molecular weight is 419 g/mol. The van der Waals surface area contributed by atoms with Crippen LogP contribution in [-0.4, -0.2) is 58.8 Å². The van der Waals surface area contributed by atoms with E-state index in [0.29, 0.717) is 4.68 Å². The summed E-state index contributed by atoms with van der Waals surface area (Å²) in [6, 6.07) is 11.0. The Morgan fingerprint density at radius 3 is 2.43 bits per heavy atom. The van der Waals surface area contributed by atoms with Crippen molar-refractivity contribution >= 4 is 6.09 Å². The molecule has 0 bridgehead atoms. The second-order valence-electron chi connectivity index (χ2n) is 5.89. The molecule has 0 saturated carbocycles. The number of likely N-dealkylation sites (N-methyl/N-ethyl adjacent to an activating group) is 1. The highest BCUT2D eigenvalue weighted by atomic mass is 19.1. The van der Waals surface area contributed by atoms with E-state index in [2.05, 4.69) is 21.8 Å². The molecular weight excluding hydrogens is 397 g/mol. The third-order valence-electron chi connectivity index (χ3n) is 3.93. The van der Waals surface area contributed by atoms with Gasteiger partial charge in [0.2, 0.25) is 0 Å². The Kier molecular flexibility index (Phi) is 8.06. The lowest BCUT2D eigenvalue weighted by molar-refractivity contribution is 0.191. The molecule has 11 heteroatoms. The minimum absolute atomic E-state index is 0.109. The van der Waals surface area contributed by atoms with Gasteiger partial charge >= 0.3 is 11.8 Å². The van der Waals surface area contributed by atoms with Gasteiger partial charge in [0.15, 0.2) is 11.5 Å². The third kappa shape index (κ3) is 5.64. The van der Waals surface area contributed by atoms with Gasteiger partial charge in [0, 0.05) is 0 Å². The van der Waals surface area contributed by atoms with Gasteiger partial charge in [-0.2, -0.15) is 4.68 Å². The molecule has 0 spiro atoms. The summed E-state index contributed by atoms with van der Waals surface area (Å²) in [4.78, 5) is 21.9. The Morgan fingerprint density at radius 2 is 1.87 bits per heavy atom. The van der Waals surface area contributed by atoms with E-state index in [4.69, 9.17) is 14.6 Å². The molecule has 2 aromatic carbocycles. The van der Waals surface area contributed by atoms with E-state index in [1.54, 1.807) is 14.2 Å². The molecule has 3 aromatic rings. The van der Waals surface area contributed by atoms with Crippen LogP contribution in [0.5, 0.6) is 11.5 Å². The third-order valence-corrected chi connectivity index (χ3v) is 3.93. The lowest BCUT2D eigenvalue weighted by atomic mass is 10.1. The molecule has 0 aliphatic rings. The molecule has 0 aliphatic carbocycles. The maximum atomic E-state index is 12.9. The van der Waals surface area contributed by atoms with E-state index in [-0.39, 0.29) is 10.4 Å². The van der Waals surface area contributed by atoms with Crippen LogP contribution in [0.3, 0.4) is 0 Å². The largest absolute Gasteiger partial charge is 0.493 e. The highest BCUT2D eigenvalue weighted by Gasteiger charge is 2.13. The highest BCUT2D eigenvalue weighted by molar-refractivity contribution is 5.66. The highest BCUT2D eigenvalue weighted by Crippen LogP contribution is 2.27. The first kappa shape index (κ1) is 22.6. The monoisotopic (exact) mass is 419 g/mol. The van der Waals surface area contributed by atoms with Crippen molar-refractivity contribution in [3.05, 3.63) is 64.3 Å². The topological polar surface area (TPSA) is 120 Å². The van der Waals surface area contributed by atoms with E-state index < -0.39 is 17.6 Å². The number of rotatable bonds is 6. The lowest BCUT2D eigenvalue weighted by Crippen LogP contribution is -2.28. The Bertz CT molecular complexity index is 1050. The molecule has 0 saturated heterocycles. The van der Waals surface area contributed by atoms with Crippen molar-refractivity contribution < 1.29 is 23.8 Å². The second-order valence-corrected chi connectivity index (χ2v) is 5.89. The molecule has 30 heavy (non-hydrogen) atoms. The number of hydrogen-bond donors (Lipinski definition) is 2. The summed E-state index contributed by atoms with van der Waals surface area (Å²) in [7, 11) is 5.24. The number of nitrogens with one attached hydrogen (secondary N) is 1. The van der Waals surface area contributed by atoms with Crippen LogP contribution >= 0.6 is 0 Å². The predicted molar refractivity (Wildman–Crippen MR) is 106 cm³/mol. The summed E-state index contributed by atoms with van der Waals surface area (Å²) in [5, 5.41) is 18.1. The Labute approximate surface area is 171 Å². The molecule has 160 valence electrons. The van der Waals surface area contributed by atoms with E-state index in [0.717, 1.165) is 30.5 Å². The van der Waals surface area contributed by atoms with Crippen molar-refractivity contribution in [2.45, 2.75) is 6.42 Å². The zero-order valence-electron chi connectivity index (χ0n) is 16.7. The zero-order valence-corrected chi connectivity index (χ0v) is 16.7. The lowest BCUT2D eigenvalue weighted by Gasteiger charge is -2.09. The van der Waals surface area contributed by atoms with Crippen LogP contribution in [0.1, 0.15) is 5.56 Å². The normalized spacial score (nSPS) is 10.1. The molecule has 0 aliphatic heterocycles. The van der Waals surface area contributed by atoms with Gasteiger partial charge in [-0.1, -0.05) is 16.8 Å². The first-order valence-corrected chi connectivity index (χ1v) is 8.81. The van der Waals surface area contributed by atoms with Crippen LogP contribution in [0.4, 0.5) is 9.18 Å². The van der Waals surface area contributed by atoms with Crippen molar-refractivity contribution in [2.75, 3.05) is 27.8 Å². The summed E-state index contributed by atoms with van der Waals surface area (Å²) in [5.74, 6) is 1.01. The number of tetrazole rings is 1. The van der Waals surface area contributed by atoms with Crippen LogP contribution in [-0.2, 0) is 6.42 Å². The smallest absolute Gasteiger partial charge is 0.438 e. The number of aromatic nitrogens is 4. The van der Waals surface area contributed by atoms with E-state index in [1.807, 2.05) is 19.2 Å². The van der Waals surface area contributed by atoms with Crippen LogP contribution in [0.25, 0.3) is 5.69 Å². The first-order chi connectivity index (χ1) is 14.4. The van der Waals surface area contributed by atoms with Crippen molar-refractivity contribution in [1.29, 1.82) is 0 Å². The second kappa shape index (κ2) is 10.7. The standard InChI is InChI=1S/C11H17NO2.C8H5FN4O3/c1-12-7-6-9-4-5-10(13-2)11(8-9)14-3;9-5-2-1-3-6(4-5)12-7(14)13(8(15)16)11-10-12/h4-5,8,12H,6-7H2,1-3H3;1-4H,(H,15,16). The van der Waals surface area contributed by atoms with Crippen LogP contribution in [0, 0.1) is 5.82 Å². The summed E-state index contributed by atoms with van der Waals surface area (Å²) in [5.41, 5.74) is 0.382. The van der Waals surface area contributed by atoms with Gasteiger partial charge in [-0.15, -0.1) is 0 Å². The number of benzene rings is 2. The molecule has 10 nitrogen and oxygen atoms in total. The van der Waals surface area contributed by atoms with E-state index in [1.165, 1.54) is 23.8 Å². The van der Waals surface area contributed by atoms with Gasteiger partial charge in [0.25, 0.3) is 0 Å². The van der Waals surface area contributed by atoms with Gasteiger partial charge in [-0.3, -0.25) is 0 Å². The Balaban J connectivity index is 0.000000216. The van der Waals surface area contributed by atoms with Gasteiger partial charge in [-0.25, -0.2) is 14.0 Å². The molecule has 1 aromatic heterocycles. The molecule has 1 heterocycles. The van der Waals surface area contributed by atoms with Crippen molar-refractivity contribution in [1.82, 2.24) is 25.1 Å². The van der Waals surface area contributed by atoms with Gasteiger partial charge in [0.05, 0.1) is 19.9 Å². The molecule has 0 fully saturated rings. The zero-order chi connectivity index (χ0) is 22.1. The summed E-state index contributed by atoms with van der Waals surface area (Å²) in [6.07, 6.45) is -0.552. The molecule has 0 radical (unpaired) electrons. The molecule has 0 amide bonds. The number of carbonyl (C=O) groups is 1. The van der Waals surface area contributed by atoms with Gasteiger partial charge < -0.3 is 19.9 Å². The van der Waals surface area contributed by atoms with Crippen molar-refractivity contribution in [2.24, 2.45) is 0 Å². The molecule has 3 rings (SSSR count). The van der Waals surface area contributed by atoms with Crippen LogP contribution < -0.4 is 20.5 Å². The molecular formula is C19H22FN5O5. The number of halogens is 1. The predicted octanol–water partition coefficient (Wildman–Crippen LogP) is 1.56. The summed E-state index contributed by atoms with van der Waals surface area (Å²) in [6.45, 7) is 0.968. The quantitative estimate of drug-likeness (QED) is 0.578. The number of carboxylic acid groups (broad SMARTS) is 1. The number of nitrogens with zero attached hydrogens (tertiary/aromatic N) is 4. The van der Waals surface area contributed by atoms with Crippen LogP contribution in [0.15, 0.2) is 47.3 Å². The first-order valence-electron chi connectivity index (χ1n) is 8.81. The Morgan fingerprint density at radius 1 is 1.13 bits per heavy atom. The molecule has 2 N–H and O–H groups in total. The summed E-state index contributed by atoms with van der Waals surface area (Å²) >= 11 is 0. The van der Waals surface area contributed by atoms with Gasteiger partial charge in [-0.05, 0) is 66.3 Å². The molecule has 0 unspecified atom stereocenters. The maximum Gasteiger partial charge on any atom is 0.438 e. The fourth-order valence-corrected chi connectivity index (χ4v) is 2.44. The van der Waals surface area contributed by atoms with Crippen molar-refractivity contribution in [3.63, 3.8) is 0 Å². The minimum Gasteiger partial charge on any atom is -0.493 e. The van der Waals surface area contributed by atoms with E-state index >= 15 is 0 Å². The molecule has 0 atom stereocenters. The number of ether oxygens (including phenoxy) is 2. The fraction of sp³-hybridized carbons (Fsp3) is 0.263. The van der Waals surface area contributed by atoms with Gasteiger partial charge in [0.1, 0.15) is 5.82 Å². The number of methoxy groups -OCH3 is 2. The fourth-order valence-electron chi connectivity index (χ4n) is 2.44. The average Bonchev–Trinajstić information content (AvgIpc) is 3.14. The number of hydrogen-bond acceptors (Lipinski definition) is 7. The van der Waals surface area contributed by atoms with E-state index in [9.17, 15) is 14.0 Å². The van der Waals surface area contributed by atoms with Crippen LogP contribution in [0.2, 0.25) is 0 Å². The maximum absolute atomic E-state index is 12.9. The summed E-state index contributed by atoms with van der Waals surface area (Å²) < 4.78 is 24.1.